The van der Waals surface area contributed by atoms with Gasteiger partial charge < -0.3 is 4.90 Å². The zero-order valence-corrected chi connectivity index (χ0v) is 16.2. The number of thioether (sulfide) groups is 1. The molecule has 5 nitrogen and oxygen atoms in total. The van der Waals surface area contributed by atoms with E-state index in [4.69, 9.17) is 0 Å². The summed E-state index contributed by atoms with van der Waals surface area (Å²) in [6.07, 6.45) is 3.64. The third-order valence-corrected chi connectivity index (χ3v) is 5.09. The van der Waals surface area contributed by atoms with Gasteiger partial charge in [-0.15, -0.1) is 11.8 Å². The number of pyridine rings is 1. The van der Waals surface area contributed by atoms with Crippen LogP contribution in [0.2, 0.25) is 0 Å². The van der Waals surface area contributed by atoms with Gasteiger partial charge in [0.25, 0.3) is 5.91 Å². The lowest BCUT2D eigenvalue weighted by Gasteiger charge is -2.18. The highest BCUT2D eigenvalue weighted by Crippen LogP contribution is 2.22. The van der Waals surface area contributed by atoms with Crippen molar-refractivity contribution in [2.45, 2.75) is 25.4 Å². The zero-order chi connectivity index (χ0) is 18.7. The van der Waals surface area contributed by atoms with Gasteiger partial charge in [0.1, 0.15) is 5.03 Å². The van der Waals surface area contributed by atoms with Crippen LogP contribution in [0.1, 0.15) is 27.3 Å². The van der Waals surface area contributed by atoms with Crippen LogP contribution < -0.4 is 0 Å². The molecule has 0 spiro atoms. The molecule has 0 unspecified atom stereocenters. The Morgan fingerprint density at radius 1 is 1.15 bits per heavy atom. The third kappa shape index (κ3) is 3.51. The molecule has 134 valence electrons. The Bertz CT molecular complexity index is 921. The van der Waals surface area contributed by atoms with Crippen LogP contribution in [0.15, 0.2) is 53.7 Å². The summed E-state index contributed by atoms with van der Waals surface area (Å²) in [7, 11) is 1.82. The van der Waals surface area contributed by atoms with Crippen molar-refractivity contribution in [3.05, 3.63) is 71.2 Å². The highest BCUT2D eigenvalue weighted by molar-refractivity contribution is 7.98. The second kappa shape index (κ2) is 7.74. The van der Waals surface area contributed by atoms with Crippen LogP contribution >= 0.6 is 11.8 Å². The molecule has 0 aliphatic rings. The van der Waals surface area contributed by atoms with Crippen molar-refractivity contribution in [2.24, 2.45) is 0 Å². The van der Waals surface area contributed by atoms with Crippen LogP contribution in [0.25, 0.3) is 5.69 Å². The molecule has 0 saturated heterocycles. The van der Waals surface area contributed by atoms with E-state index in [1.165, 1.54) is 11.8 Å². The lowest BCUT2D eigenvalue weighted by atomic mass is 10.1. The van der Waals surface area contributed by atoms with Crippen molar-refractivity contribution in [3.63, 3.8) is 0 Å². The maximum absolute atomic E-state index is 12.9. The van der Waals surface area contributed by atoms with E-state index < -0.39 is 0 Å². The number of carbonyl (C=O) groups excluding carboxylic acids is 1. The van der Waals surface area contributed by atoms with E-state index >= 15 is 0 Å². The van der Waals surface area contributed by atoms with Crippen molar-refractivity contribution in [2.75, 3.05) is 13.3 Å². The molecule has 0 aliphatic carbocycles. The van der Waals surface area contributed by atoms with Crippen LogP contribution in [0.3, 0.4) is 0 Å². The molecule has 0 saturated carbocycles. The molecule has 2 heterocycles. The Hall–Kier alpha value is -2.60. The average molecular weight is 366 g/mol. The Kier molecular flexibility index (Phi) is 5.42. The second-order valence-corrected chi connectivity index (χ2v) is 6.91. The van der Waals surface area contributed by atoms with Crippen molar-refractivity contribution in [1.82, 2.24) is 19.7 Å². The first-order chi connectivity index (χ1) is 12.5. The second-order valence-electron chi connectivity index (χ2n) is 6.12. The third-order valence-electron chi connectivity index (χ3n) is 4.38. The van der Waals surface area contributed by atoms with Gasteiger partial charge in [-0.3, -0.25) is 4.79 Å². The summed E-state index contributed by atoms with van der Waals surface area (Å²) >= 11 is 1.48. The number of aryl methyl sites for hydroxylation is 1. The van der Waals surface area contributed by atoms with Gasteiger partial charge in [-0.1, -0.05) is 18.2 Å². The molecule has 26 heavy (non-hydrogen) atoms. The van der Waals surface area contributed by atoms with E-state index in [2.05, 4.69) is 10.1 Å². The summed E-state index contributed by atoms with van der Waals surface area (Å²) in [5.74, 6) is -0.0336. The molecule has 0 N–H and O–H groups in total. The van der Waals surface area contributed by atoms with Gasteiger partial charge >= 0.3 is 0 Å². The summed E-state index contributed by atoms with van der Waals surface area (Å²) in [6.45, 7) is 4.53. The van der Waals surface area contributed by atoms with E-state index in [0.717, 1.165) is 27.7 Å². The number of aromatic nitrogens is 3. The van der Waals surface area contributed by atoms with E-state index in [9.17, 15) is 4.79 Å². The monoisotopic (exact) mass is 366 g/mol. The number of nitrogens with zero attached hydrogens (tertiary/aromatic N) is 4. The molecule has 3 rings (SSSR count). The summed E-state index contributed by atoms with van der Waals surface area (Å²) in [4.78, 5) is 18.9. The molecule has 0 aliphatic heterocycles. The smallest absolute Gasteiger partial charge is 0.256 e. The lowest BCUT2D eigenvalue weighted by Crippen LogP contribution is -2.27. The molecule has 0 bridgehead atoms. The van der Waals surface area contributed by atoms with E-state index in [-0.39, 0.29) is 5.91 Å². The maximum Gasteiger partial charge on any atom is 0.256 e. The van der Waals surface area contributed by atoms with E-state index in [1.54, 1.807) is 17.2 Å². The van der Waals surface area contributed by atoms with Crippen LogP contribution in [-0.4, -0.2) is 38.9 Å². The van der Waals surface area contributed by atoms with Crippen LogP contribution in [0, 0.1) is 13.8 Å². The van der Waals surface area contributed by atoms with Crippen LogP contribution in [0.4, 0.5) is 0 Å². The Balaban J connectivity index is 1.87. The van der Waals surface area contributed by atoms with Gasteiger partial charge in [-0.25, -0.2) is 9.67 Å². The highest BCUT2D eigenvalue weighted by Gasteiger charge is 2.20. The molecule has 0 atom stereocenters. The van der Waals surface area contributed by atoms with Gasteiger partial charge in [0.05, 0.1) is 16.9 Å². The minimum Gasteiger partial charge on any atom is -0.337 e. The fraction of sp³-hybridized carbons (Fsp3) is 0.250. The van der Waals surface area contributed by atoms with Crippen molar-refractivity contribution < 1.29 is 4.79 Å². The van der Waals surface area contributed by atoms with E-state index in [0.29, 0.717) is 12.1 Å². The first-order valence-electron chi connectivity index (χ1n) is 8.38. The highest BCUT2D eigenvalue weighted by atomic mass is 32.2. The Labute approximate surface area is 158 Å². The first kappa shape index (κ1) is 18.2. The molecular weight excluding hydrogens is 344 g/mol. The van der Waals surface area contributed by atoms with E-state index in [1.807, 2.05) is 68.2 Å². The van der Waals surface area contributed by atoms with Gasteiger partial charge in [-0.05, 0) is 44.4 Å². The zero-order valence-electron chi connectivity index (χ0n) is 15.4. The Morgan fingerprint density at radius 2 is 1.88 bits per heavy atom. The predicted octanol–water partition coefficient (Wildman–Crippen LogP) is 3.88. The fourth-order valence-corrected chi connectivity index (χ4v) is 3.50. The number of para-hydroxylation sites is 1. The van der Waals surface area contributed by atoms with Crippen LogP contribution in [0.5, 0.6) is 0 Å². The van der Waals surface area contributed by atoms with Crippen molar-refractivity contribution >= 4 is 17.7 Å². The molecule has 6 heteroatoms. The molecule has 0 fully saturated rings. The van der Waals surface area contributed by atoms with Gasteiger partial charge in [0.15, 0.2) is 0 Å². The summed E-state index contributed by atoms with van der Waals surface area (Å²) in [6, 6.07) is 13.6. The van der Waals surface area contributed by atoms with Crippen LogP contribution in [-0.2, 0) is 6.54 Å². The number of hydrogen-bond acceptors (Lipinski definition) is 4. The largest absolute Gasteiger partial charge is 0.337 e. The molecule has 3 aromatic rings. The number of benzene rings is 1. The molecule has 1 aromatic carbocycles. The predicted molar refractivity (Wildman–Crippen MR) is 105 cm³/mol. The van der Waals surface area contributed by atoms with Gasteiger partial charge in [0, 0.05) is 31.0 Å². The molecule has 2 aromatic heterocycles. The fourth-order valence-electron chi connectivity index (χ4n) is 2.96. The lowest BCUT2D eigenvalue weighted by molar-refractivity contribution is 0.0780. The Morgan fingerprint density at radius 3 is 2.58 bits per heavy atom. The number of amides is 1. The quantitative estimate of drug-likeness (QED) is 0.643. The van der Waals surface area contributed by atoms with Crippen molar-refractivity contribution in [3.8, 4) is 5.69 Å². The summed E-state index contributed by atoms with van der Waals surface area (Å²) < 4.78 is 1.93. The van der Waals surface area contributed by atoms with Gasteiger partial charge in [-0.2, -0.15) is 5.10 Å². The first-order valence-corrected chi connectivity index (χ1v) is 9.60. The molecular formula is C20H22N4OS. The number of hydrogen-bond donors (Lipinski definition) is 0. The topological polar surface area (TPSA) is 51.0 Å². The normalized spacial score (nSPS) is 10.8. The average Bonchev–Trinajstić information content (AvgIpc) is 2.96. The number of carbonyl (C=O) groups is 1. The summed E-state index contributed by atoms with van der Waals surface area (Å²) in [5, 5.41) is 5.41. The molecule has 1 amide bonds. The summed E-state index contributed by atoms with van der Waals surface area (Å²) in [5.41, 5.74) is 4.70. The SMILES string of the molecule is CSc1ncccc1C(=O)N(C)Cc1c(C)nn(-c2ccccc2)c1C. The minimum atomic E-state index is -0.0336. The van der Waals surface area contributed by atoms with Crippen molar-refractivity contribution in [1.29, 1.82) is 0 Å². The maximum atomic E-state index is 12.9. The molecule has 0 radical (unpaired) electrons. The standard InChI is InChI=1S/C20H22N4OS/c1-14-18(15(2)24(22-14)16-9-6-5-7-10-16)13-23(3)20(25)17-11-8-12-21-19(17)26-4/h5-12H,13H2,1-4H3. The minimum absolute atomic E-state index is 0.0336. The number of rotatable bonds is 5. The van der Waals surface area contributed by atoms with Gasteiger partial charge in [0.2, 0.25) is 0 Å².